The first-order valence-corrected chi connectivity index (χ1v) is 7.86. The quantitative estimate of drug-likeness (QED) is 0.661. The third-order valence-corrected chi connectivity index (χ3v) is 3.93. The number of aryl methyl sites for hydroxylation is 1. The van der Waals surface area contributed by atoms with Crippen LogP contribution in [0.15, 0.2) is 26.0 Å². The van der Waals surface area contributed by atoms with Crippen LogP contribution in [0, 0.1) is 5.92 Å². The highest BCUT2D eigenvalue weighted by molar-refractivity contribution is 9.11. The number of alkyl halides is 1. The van der Waals surface area contributed by atoms with E-state index in [1.54, 1.807) is 10.6 Å². The first-order chi connectivity index (χ1) is 7.54. The lowest BCUT2D eigenvalue weighted by Gasteiger charge is -2.11. The second kappa shape index (κ2) is 6.97. The standard InChI is InChI=1S/C11H14Br3NO/c1-8(2-4-12)3-5-15-7-9(13)6-10(14)11(15)16/h6-8H,2-5H2,1H3. The molecule has 1 aromatic rings. The molecule has 0 amide bonds. The lowest BCUT2D eigenvalue weighted by atomic mass is 10.1. The van der Waals surface area contributed by atoms with E-state index in [-0.39, 0.29) is 5.56 Å². The van der Waals surface area contributed by atoms with Crippen LogP contribution in [0.5, 0.6) is 0 Å². The van der Waals surface area contributed by atoms with Gasteiger partial charge in [0.1, 0.15) is 0 Å². The third kappa shape index (κ3) is 4.34. The van der Waals surface area contributed by atoms with E-state index in [1.165, 1.54) is 0 Å². The van der Waals surface area contributed by atoms with Crippen LogP contribution in [0.25, 0.3) is 0 Å². The molecule has 0 fully saturated rings. The van der Waals surface area contributed by atoms with Crippen LogP contribution in [0.3, 0.4) is 0 Å². The van der Waals surface area contributed by atoms with E-state index in [4.69, 9.17) is 0 Å². The smallest absolute Gasteiger partial charge is 0.264 e. The maximum atomic E-state index is 11.8. The molecule has 0 N–H and O–H groups in total. The van der Waals surface area contributed by atoms with E-state index < -0.39 is 0 Å². The molecule has 0 spiro atoms. The van der Waals surface area contributed by atoms with Gasteiger partial charge in [-0.15, -0.1) is 0 Å². The minimum Gasteiger partial charge on any atom is -0.313 e. The van der Waals surface area contributed by atoms with Gasteiger partial charge in [-0.2, -0.15) is 0 Å². The number of rotatable bonds is 5. The van der Waals surface area contributed by atoms with Crippen molar-refractivity contribution in [1.82, 2.24) is 4.57 Å². The van der Waals surface area contributed by atoms with Crippen molar-refractivity contribution < 1.29 is 0 Å². The van der Waals surface area contributed by atoms with Gasteiger partial charge in [0.2, 0.25) is 0 Å². The summed E-state index contributed by atoms with van der Waals surface area (Å²) in [6.07, 6.45) is 4.01. The second-order valence-corrected chi connectivity index (χ2v) is 6.44. The molecule has 0 saturated carbocycles. The van der Waals surface area contributed by atoms with Crippen LogP contribution in [0.2, 0.25) is 0 Å². The number of aromatic nitrogens is 1. The van der Waals surface area contributed by atoms with Crippen LogP contribution < -0.4 is 5.56 Å². The Balaban J connectivity index is 2.70. The zero-order chi connectivity index (χ0) is 12.1. The summed E-state index contributed by atoms with van der Waals surface area (Å²) in [5.41, 5.74) is 0.0363. The Hall–Kier alpha value is 0.390. The van der Waals surface area contributed by atoms with Crippen molar-refractivity contribution in [3.63, 3.8) is 0 Å². The van der Waals surface area contributed by atoms with E-state index >= 15 is 0 Å². The lowest BCUT2D eigenvalue weighted by molar-refractivity contribution is 0.465. The predicted octanol–water partition coefficient (Wildman–Crippen LogP) is 4.18. The Labute approximate surface area is 121 Å². The molecule has 5 heteroatoms. The Morgan fingerprint density at radius 2 is 2.06 bits per heavy atom. The molecular formula is C11H14Br3NO. The molecule has 1 aromatic heterocycles. The van der Waals surface area contributed by atoms with Gasteiger partial charge in [-0.25, -0.2) is 0 Å². The summed E-state index contributed by atoms with van der Waals surface area (Å²) in [5, 5.41) is 1.02. The predicted molar refractivity (Wildman–Crippen MR) is 78.3 cm³/mol. The van der Waals surface area contributed by atoms with Gasteiger partial charge < -0.3 is 4.57 Å². The van der Waals surface area contributed by atoms with Gasteiger partial charge in [-0.3, -0.25) is 4.79 Å². The van der Waals surface area contributed by atoms with Crippen LogP contribution in [-0.2, 0) is 6.54 Å². The van der Waals surface area contributed by atoms with E-state index in [1.807, 2.05) is 6.20 Å². The maximum Gasteiger partial charge on any atom is 0.264 e. The largest absolute Gasteiger partial charge is 0.313 e. The molecule has 1 rings (SSSR count). The summed E-state index contributed by atoms with van der Waals surface area (Å²) in [5.74, 6) is 0.629. The van der Waals surface area contributed by atoms with Crippen molar-refractivity contribution in [1.29, 1.82) is 0 Å². The molecule has 2 nitrogen and oxygen atoms in total. The third-order valence-electron chi connectivity index (χ3n) is 2.47. The lowest BCUT2D eigenvalue weighted by Crippen LogP contribution is -2.21. The van der Waals surface area contributed by atoms with Crippen LogP contribution in [-0.4, -0.2) is 9.90 Å². The van der Waals surface area contributed by atoms with Gasteiger partial charge in [0.25, 0.3) is 5.56 Å². The van der Waals surface area contributed by atoms with Gasteiger partial charge in [-0.1, -0.05) is 22.9 Å². The molecule has 1 atom stereocenters. The topological polar surface area (TPSA) is 22.0 Å². The fraction of sp³-hybridized carbons (Fsp3) is 0.545. The van der Waals surface area contributed by atoms with Gasteiger partial charge in [0.05, 0.1) is 4.47 Å². The SMILES string of the molecule is CC(CCBr)CCn1cc(Br)cc(Br)c1=O. The molecular weight excluding hydrogens is 402 g/mol. The van der Waals surface area contributed by atoms with Crippen molar-refractivity contribution in [2.24, 2.45) is 5.92 Å². The summed E-state index contributed by atoms with van der Waals surface area (Å²) in [4.78, 5) is 11.8. The monoisotopic (exact) mass is 413 g/mol. The molecule has 90 valence electrons. The number of halogens is 3. The Morgan fingerprint density at radius 1 is 1.38 bits per heavy atom. The molecule has 0 radical (unpaired) electrons. The normalized spacial score (nSPS) is 12.8. The molecule has 0 aliphatic carbocycles. The number of hydrogen-bond acceptors (Lipinski definition) is 1. The molecule has 1 heterocycles. The van der Waals surface area contributed by atoms with Crippen LogP contribution in [0.1, 0.15) is 19.8 Å². The number of pyridine rings is 1. The molecule has 0 aromatic carbocycles. The molecule has 16 heavy (non-hydrogen) atoms. The van der Waals surface area contributed by atoms with E-state index in [2.05, 4.69) is 54.7 Å². The summed E-state index contributed by atoms with van der Waals surface area (Å²) in [6, 6.07) is 1.78. The zero-order valence-corrected chi connectivity index (χ0v) is 13.8. The molecule has 0 aliphatic heterocycles. The van der Waals surface area contributed by atoms with Gasteiger partial charge in [-0.05, 0) is 56.7 Å². The van der Waals surface area contributed by atoms with Crippen molar-refractivity contribution in [2.75, 3.05) is 5.33 Å². The van der Waals surface area contributed by atoms with Gasteiger partial charge >= 0.3 is 0 Å². The molecule has 0 bridgehead atoms. The van der Waals surface area contributed by atoms with E-state index in [9.17, 15) is 4.79 Å². The fourth-order valence-corrected chi connectivity index (χ4v) is 3.46. The fourth-order valence-electron chi connectivity index (χ4n) is 1.42. The minimum atomic E-state index is 0.0363. The van der Waals surface area contributed by atoms with Crippen LogP contribution >= 0.6 is 47.8 Å². The number of hydrogen-bond donors (Lipinski definition) is 0. The van der Waals surface area contributed by atoms with Gasteiger partial charge in [0, 0.05) is 22.5 Å². The first kappa shape index (κ1) is 14.5. The first-order valence-electron chi connectivity index (χ1n) is 5.16. The molecule has 0 saturated heterocycles. The highest BCUT2D eigenvalue weighted by Crippen LogP contribution is 2.15. The van der Waals surface area contributed by atoms with Crippen molar-refractivity contribution in [2.45, 2.75) is 26.3 Å². The Kier molecular flexibility index (Phi) is 6.29. The Bertz CT molecular complexity index is 403. The number of nitrogens with zero attached hydrogens (tertiary/aromatic N) is 1. The van der Waals surface area contributed by atoms with E-state index in [0.717, 1.165) is 29.2 Å². The van der Waals surface area contributed by atoms with E-state index in [0.29, 0.717) is 10.4 Å². The zero-order valence-electron chi connectivity index (χ0n) is 9.05. The summed E-state index contributed by atoms with van der Waals surface area (Å²) < 4.78 is 3.28. The minimum absolute atomic E-state index is 0.0363. The van der Waals surface area contributed by atoms with Crippen LogP contribution in [0.4, 0.5) is 0 Å². The molecule has 0 aliphatic rings. The molecule has 1 unspecified atom stereocenters. The summed E-state index contributed by atoms with van der Waals surface area (Å²) >= 11 is 10.1. The van der Waals surface area contributed by atoms with Crippen molar-refractivity contribution >= 4 is 47.8 Å². The highest BCUT2D eigenvalue weighted by Gasteiger charge is 2.05. The average molecular weight is 416 g/mol. The second-order valence-electron chi connectivity index (χ2n) is 3.88. The van der Waals surface area contributed by atoms with Crippen molar-refractivity contribution in [3.8, 4) is 0 Å². The van der Waals surface area contributed by atoms with Gasteiger partial charge in [0.15, 0.2) is 0 Å². The highest BCUT2D eigenvalue weighted by atomic mass is 79.9. The maximum absolute atomic E-state index is 11.8. The summed E-state index contributed by atoms with van der Waals surface area (Å²) in [6.45, 7) is 2.98. The summed E-state index contributed by atoms with van der Waals surface area (Å²) in [7, 11) is 0. The van der Waals surface area contributed by atoms with Crippen molar-refractivity contribution in [3.05, 3.63) is 31.6 Å². The Morgan fingerprint density at radius 3 is 2.69 bits per heavy atom. The average Bonchev–Trinajstić information content (AvgIpc) is 2.21.